The van der Waals surface area contributed by atoms with E-state index in [1.807, 2.05) is 36.4 Å². The van der Waals surface area contributed by atoms with E-state index in [0.717, 1.165) is 23.3 Å². The van der Waals surface area contributed by atoms with Gasteiger partial charge in [0.25, 0.3) is 0 Å². The topological polar surface area (TPSA) is 84.0 Å². The molecule has 0 aliphatic carbocycles. The summed E-state index contributed by atoms with van der Waals surface area (Å²) in [7, 11) is 0. The smallest absolute Gasteiger partial charge is 0.408 e. The summed E-state index contributed by atoms with van der Waals surface area (Å²) in [6.45, 7) is 1.48. The first-order valence-electron chi connectivity index (χ1n) is 6.37. The number of aromatic nitrogens is 1. The molecule has 5 nitrogen and oxygen atoms in total. The second kappa shape index (κ2) is 5.22. The van der Waals surface area contributed by atoms with Crippen molar-refractivity contribution in [3.63, 3.8) is 0 Å². The fraction of sp³-hybridized carbons (Fsp3) is 0.133. The van der Waals surface area contributed by atoms with Crippen LogP contribution in [0.1, 0.15) is 11.1 Å². The first kappa shape index (κ1) is 12.5. The minimum absolute atomic E-state index is 0.424. The van der Waals surface area contributed by atoms with Gasteiger partial charge < -0.3 is 15.5 Å². The molecule has 1 aromatic heterocycles. The fourth-order valence-electron chi connectivity index (χ4n) is 2.10. The van der Waals surface area contributed by atoms with Gasteiger partial charge in [0.05, 0.1) is 5.52 Å². The zero-order valence-electron chi connectivity index (χ0n) is 10.8. The molecule has 0 fully saturated rings. The van der Waals surface area contributed by atoms with E-state index in [1.165, 1.54) is 5.56 Å². The maximum Gasteiger partial charge on any atom is 0.417 e. The van der Waals surface area contributed by atoms with Gasteiger partial charge in [-0.25, -0.2) is 4.79 Å². The summed E-state index contributed by atoms with van der Waals surface area (Å²) >= 11 is 0. The van der Waals surface area contributed by atoms with Gasteiger partial charge in [-0.1, -0.05) is 18.2 Å². The summed E-state index contributed by atoms with van der Waals surface area (Å²) in [5, 5.41) is 3.35. The number of hydrogen-bond donors (Lipinski definition) is 3. The van der Waals surface area contributed by atoms with E-state index >= 15 is 0 Å². The van der Waals surface area contributed by atoms with Crippen molar-refractivity contribution >= 4 is 16.8 Å². The summed E-state index contributed by atoms with van der Waals surface area (Å²) in [4.78, 5) is 13.7. The van der Waals surface area contributed by atoms with Crippen molar-refractivity contribution in [2.45, 2.75) is 13.1 Å². The van der Waals surface area contributed by atoms with Crippen LogP contribution in [0.3, 0.4) is 0 Å². The number of rotatable bonds is 4. The molecule has 20 heavy (non-hydrogen) atoms. The van der Waals surface area contributed by atoms with E-state index in [2.05, 4.69) is 10.3 Å². The van der Waals surface area contributed by atoms with Crippen molar-refractivity contribution < 1.29 is 4.42 Å². The number of aromatic amines is 1. The Morgan fingerprint density at radius 3 is 2.55 bits per heavy atom. The van der Waals surface area contributed by atoms with Gasteiger partial charge in [0.2, 0.25) is 0 Å². The Balaban J connectivity index is 1.64. The summed E-state index contributed by atoms with van der Waals surface area (Å²) in [5.74, 6) is -0.424. The number of nitrogens with two attached hydrogens (primary N) is 1. The summed E-state index contributed by atoms with van der Waals surface area (Å²) in [5.41, 5.74) is 9.98. The average molecular weight is 269 g/mol. The molecule has 3 rings (SSSR count). The Hall–Kier alpha value is -2.53. The standard InChI is InChI=1S/C15H15N3O2/c16-12-4-1-10(2-5-12)8-17-9-11-3-6-14-13(7-11)18-15(19)20-14/h1-7,17H,8-9,16H2,(H,18,19). The Labute approximate surface area is 115 Å². The van der Waals surface area contributed by atoms with Gasteiger partial charge in [-0.15, -0.1) is 0 Å². The summed E-state index contributed by atoms with van der Waals surface area (Å²) < 4.78 is 4.96. The lowest BCUT2D eigenvalue weighted by atomic mass is 10.2. The number of benzene rings is 2. The number of hydrogen-bond acceptors (Lipinski definition) is 4. The Kier molecular flexibility index (Phi) is 3.26. The van der Waals surface area contributed by atoms with Crippen molar-refractivity contribution in [2.24, 2.45) is 0 Å². The second-order valence-electron chi connectivity index (χ2n) is 4.69. The Bertz CT molecular complexity index is 772. The molecule has 0 unspecified atom stereocenters. The maximum absolute atomic E-state index is 11.1. The molecule has 5 heteroatoms. The molecule has 3 aromatic rings. The van der Waals surface area contributed by atoms with Crippen LogP contribution in [0.4, 0.5) is 5.69 Å². The lowest BCUT2D eigenvalue weighted by molar-refractivity contribution is 0.555. The molecule has 0 saturated carbocycles. The van der Waals surface area contributed by atoms with Crippen LogP contribution in [-0.4, -0.2) is 4.98 Å². The lowest BCUT2D eigenvalue weighted by Crippen LogP contribution is -2.12. The molecule has 0 spiro atoms. The van der Waals surface area contributed by atoms with E-state index in [1.54, 1.807) is 6.07 Å². The zero-order valence-corrected chi connectivity index (χ0v) is 10.8. The van der Waals surface area contributed by atoms with Crippen LogP contribution in [0.5, 0.6) is 0 Å². The van der Waals surface area contributed by atoms with E-state index in [-0.39, 0.29) is 0 Å². The van der Waals surface area contributed by atoms with Gasteiger partial charge in [-0.2, -0.15) is 0 Å². The maximum atomic E-state index is 11.1. The highest BCUT2D eigenvalue weighted by molar-refractivity contribution is 5.72. The molecule has 0 atom stereocenters. The second-order valence-corrected chi connectivity index (χ2v) is 4.69. The third kappa shape index (κ3) is 2.73. The van der Waals surface area contributed by atoms with Crippen LogP contribution in [-0.2, 0) is 13.1 Å². The molecular weight excluding hydrogens is 254 g/mol. The normalized spacial score (nSPS) is 11.0. The molecule has 0 amide bonds. The van der Waals surface area contributed by atoms with Gasteiger partial charge >= 0.3 is 5.76 Å². The van der Waals surface area contributed by atoms with Gasteiger partial charge in [-0.3, -0.25) is 4.98 Å². The largest absolute Gasteiger partial charge is 0.417 e. The zero-order chi connectivity index (χ0) is 13.9. The number of nitrogens with one attached hydrogen (secondary N) is 2. The summed E-state index contributed by atoms with van der Waals surface area (Å²) in [6.07, 6.45) is 0. The Morgan fingerprint density at radius 1 is 1.05 bits per heavy atom. The molecule has 0 aliphatic heterocycles. The minimum atomic E-state index is -0.424. The van der Waals surface area contributed by atoms with Gasteiger partial charge in [0.15, 0.2) is 5.58 Å². The number of fused-ring (bicyclic) bond motifs is 1. The quantitative estimate of drug-likeness (QED) is 0.632. The molecule has 0 bridgehead atoms. The highest BCUT2D eigenvalue weighted by Crippen LogP contribution is 2.12. The van der Waals surface area contributed by atoms with Crippen LogP contribution in [0.2, 0.25) is 0 Å². The molecule has 1 heterocycles. The third-order valence-electron chi connectivity index (χ3n) is 3.12. The van der Waals surface area contributed by atoms with E-state index in [9.17, 15) is 4.79 Å². The van der Waals surface area contributed by atoms with Crippen molar-refractivity contribution in [2.75, 3.05) is 5.73 Å². The molecule has 0 aliphatic rings. The van der Waals surface area contributed by atoms with E-state index < -0.39 is 5.76 Å². The van der Waals surface area contributed by atoms with Crippen LogP contribution in [0.15, 0.2) is 51.7 Å². The van der Waals surface area contributed by atoms with Gasteiger partial charge in [-0.05, 0) is 35.4 Å². The third-order valence-corrected chi connectivity index (χ3v) is 3.12. The monoisotopic (exact) mass is 269 g/mol. The first-order valence-corrected chi connectivity index (χ1v) is 6.37. The van der Waals surface area contributed by atoms with Crippen molar-refractivity contribution in [1.82, 2.24) is 10.3 Å². The van der Waals surface area contributed by atoms with Crippen molar-refractivity contribution in [3.8, 4) is 0 Å². The highest BCUT2D eigenvalue weighted by Gasteiger charge is 2.02. The average Bonchev–Trinajstić information content (AvgIpc) is 2.80. The molecule has 2 aromatic carbocycles. The molecular formula is C15H15N3O2. The number of H-pyrrole nitrogens is 1. The summed E-state index contributed by atoms with van der Waals surface area (Å²) in [6, 6.07) is 13.4. The number of anilines is 1. The SMILES string of the molecule is Nc1ccc(CNCc2ccc3oc(=O)[nH]c3c2)cc1. The first-order chi connectivity index (χ1) is 9.70. The lowest BCUT2D eigenvalue weighted by Gasteiger charge is -2.05. The molecule has 4 N–H and O–H groups in total. The number of oxazole rings is 1. The molecule has 0 radical (unpaired) electrons. The van der Waals surface area contributed by atoms with Crippen molar-refractivity contribution in [1.29, 1.82) is 0 Å². The van der Waals surface area contributed by atoms with E-state index in [4.69, 9.17) is 10.2 Å². The molecule has 102 valence electrons. The highest BCUT2D eigenvalue weighted by atomic mass is 16.4. The number of nitrogen functional groups attached to an aromatic ring is 1. The van der Waals surface area contributed by atoms with Gasteiger partial charge in [0.1, 0.15) is 0 Å². The minimum Gasteiger partial charge on any atom is -0.408 e. The van der Waals surface area contributed by atoms with Crippen LogP contribution >= 0.6 is 0 Å². The predicted molar refractivity (Wildman–Crippen MR) is 78.2 cm³/mol. The van der Waals surface area contributed by atoms with Crippen LogP contribution in [0.25, 0.3) is 11.1 Å². The predicted octanol–water partition coefficient (Wildman–Crippen LogP) is 1.99. The fourth-order valence-corrected chi connectivity index (χ4v) is 2.10. The van der Waals surface area contributed by atoms with Gasteiger partial charge in [0, 0.05) is 18.8 Å². The van der Waals surface area contributed by atoms with Crippen molar-refractivity contribution in [3.05, 3.63) is 64.1 Å². The van der Waals surface area contributed by atoms with Crippen LogP contribution < -0.4 is 16.8 Å². The Morgan fingerprint density at radius 2 is 1.75 bits per heavy atom. The van der Waals surface area contributed by atoms with Crippen LogP contribution in [0, 0.1) is 0 Å². The van der Waals surface area contributed by atoms with E-state index in [0.29, 0.717) is 12.1 Å². The molecule has 0 saturated heterocycles.